The number of hydrogen-bond acceptors (Lipinski definition) is 2. The van der Waals surface area contributed by atoms with Gasteiger partial charge in [-0.25, -0.2) is 0 Å². The summed E-state index contributed by atoms with van der Waals surface area (Å²) in [7, 11) is 0. The second-order valence-electron chi connectivity index (χ2n) is 3.56. The zero-order valence-corrected chi connectivity index (χ0v) is 13.3. The fourth-order valence-corrected chi connectivity index (χ4v) is 2.79. The first-order chi connectivity index (χ1) is 9.06. The van der Waals surface area contributed by atoms with Gasteiger partial charge in [0.05, 0.1) is 9.90 Å². The van der Waals surface area contributed by atoms with E-state index in [9.17, 15) is 4.79 Å². The Labute approximate surface area is 127 Å². The van der Waals surface area contributed by atoms with Crippen LogP contribution < -0.4 is 5.32 Å². The summed E-state index contributed by atoms with van der Waals surface area (Å²) < 4.78 is 0.906. The highest BCUT2D eigenvalue weighted by atomic mass is 35.5. The van der Waals surface area contributed by atoms with Crippen molar-refractivity contribution in [2.24, 2.45) is 0 Å². The van der Waals surface area contributed by atoms with Crippen molar-refractivity contribution in [3.63, 3.8) is 0 Å². The van der Waals surface area contributed by atoms with Crippen molar-refractivity contribution in [1.29, 1.82) is 0 Å². The Kier molecular flexibility index (Phi) is 6.35. The molecule has 1 aromatic carbocycles. The van der Waals surface area contributed by atoms with Gasteiger partial charge in [0.2, 0.25) is 0 Å². The zero-order valence-electron chi connectivity index (χ0n) is 11.0. The first-order valence-electron chi connectivity index (χ1n) is 5.89. The van der Waals surface area contributed by atoms with E-state index in [0.717, 1.165) is 11.3 Å². The molecular formula is C14H15Cl2NOS. The Morgan fingerprint density at radius 3 is 2.21 bits per heavy atom. The number of amides is 1. The molecule has 102 valence electrons. The van der Waals surface area contributed by atoms with E-state index in [2.05, 4.69) is 5.32 Å². The van der Waals surface area contributed by atoms with Gasteiger partial charge in [-0.15, -0.1) is 11.3 Å². The second-order valence-corrected chi connectivity index (χ2v) is 5.84. The molecule has 0 unspecified atom stereocenters. The largest absolute Gasteiger partial charge is 0.322 e. The number of rotatable bonds is 2. The standard InChI is InChI=1S/C12H9Cl2NOS.C2H6/c1-7-2-4-8(5-3-7)15-12(16)9-6-10(13)17-11(9)14;1-2/h2-6H,1H3,(H,15,16);1-2H3. The summed E-state index contributed by atoms with van der Waals surface area (Å²) in [5.74, 6) is -0.248. The number of carbonyl (C=O) groups is 1. The van der Waals surface area contributed by atoms with E-state index >= 15 is 0 Å². The summed E-state index contributed by atoms with van der Waals surface area (Å²) in [5.41, 5.74) is 2.28. The van der Waals surface area contributed by atoms with Crippen LogP contribution in [0.4, 0.5) is 5.69 Å². The van der Waals surface area contributed by atoms with E-state index in [1.165, 1.54) is 11.3 Å². The van der Waals surface area contributed by atoms with Gasteiger partial charge in [0.1, 0.15) is 4.34 Å². The Bertz CT molecular complexity index is 549. The van der Waals surface area contributed by atoms with Crippen LogP contribution in [0.25, 0.3) is 0 Å². The molecule has 2 nitrogen and oxygen atoms in total. The third kappa shape index (κ3) is 4.53. The lowest BCUT2D eigenvalue weighted by Gasteiger charge is -2.04. The maximum absolute atomic E-state index is 11.9. The molecule has 2 rings (SSSR count). The van der Waals surface area contributed by atoms with Crippen LogP contribution in [0.3, 0.4) is 0 Å². The molecule has 0 atom stereocenters. The van der Waals surface area contributed by atoms with Gasteiger partial charge >= 0.3 is 0 Å². The molecule has 2 aromatic rings. The van der Waals surface area contributed by atoms with Gasteiger partial charge in [0.15, 0.2) is 0 Å². The fraction of sp³-hybridized carbons (Fsp3) is 0.214. The van der Waals surface area contributed by atoms with Crippen molar-refractivity contribution in [2.75, 3.05) is 5.32 Å². The number of thiophene rings is 1. The number of hydrogen-bond donors (Lipinski definition) is 1. The maximum atomic E-state index is 11.9. The summed E-state index contributed by atoms with van der Waals surface area (Å²) in [6.07, 6.45) is 0. The highest BCUT2D eigenvalue weighted by molar-refractivity contribution is 7.20. The van der Waals surface area contributed by atoms with Gasteiger partial charge in [-0.3, -0.25) is 4.79 Å². The van der Waals surface area contributed by atoms with Gasteiger partial charge in [-0.1, -0.05) is 54.7 Å². The molecule has 19 heavy (non-hydrogen) atoms. The van der Waals surface area contributed by atoms with Gasteiger partial charge in [0, 0.05) is 5.69 Å². The molecule has 0 saturated heterocycles. The van der Waals surface area contributed by atoms with Crippen LogP contribution in [0.1, 0.15) is 29.8 Å². The summed E-state index contributed by atoms with van der Waals surface area (Å²) in [4.78, 5) is 11.9. The lowest BCUT2D eigenvalue weighted by molar-refractivity contribution is 0.102. The lowest BCUT2D eigenvalue weighted by Crippen LogP contribution is -2.11. The topological polar surface area (TPSA) is 29.1 Å². The number of benzene rings is 1. The van der Waals surface area contributed by atoms with Crippen molar-refractivity contribution >= 4 is 46.1 Å². The van der Waals surface area contributed by atoms with Crippen LogP contribution in [0.2, 0.25) is 8.67 Å². The van der Waals surface area contributed by atoms with E-state index in [4.69, 9.17) is 23.2 Å². The van der Waals surface area contributed by atoms with E-state index in [0.29, 0.717) is 14.2 Å². The minimum atomic E-state index is -0.248. The van der Waals surface area contributed by atoms with Crippen LogP contribution in [-0.2, 0) is 0 Å². The fourth-order valence-electron chi connectivity index (χ4n) is 1.33. The molecule has 0 spiro atoms. The van der Waals surface area contributed by atoms with Crippen LogP contribution in [0.15, 0.2) is 30.3 Å². The predicted octanol–water partition coefficient (Wildman–Crippen LogP) is 5.64. The predicted molar refractivity (Wildman–Crippen MR) is 84.8 cm³/mol. The summed E-state index contributed by atoms with van der Waals surface area (Å²) in [6, 6.07) is 9.11. The smallest absolute Gasteiger partial charge is 0.258 e. The minimum absolute atomic E-state index is 0.248. The molecule has 1 heterocycles. The average Bonchev–Trinajstić information content (AvgIpc) is 2.74. The van der Waals surface area contributed by atoms with Crippen LogP contribution in [0.5, 0.6) is 0 Å². The Morgan fingerprint density at radius 2 is 1.74 bits per heavy atom. The number of halogens is 2. The Morgan fingerprint density at radius 1 is 1.16 bits per heavy atom. The second kappa shape index (κ2) is 7.53. The van der Waals surface area contributed by atoms with Gasteiger partial charge in [-0.05, 0) is 25.1 Å². The molecule has 1 N–H and O–H groups in total. The molecule has 5 heteroatoms. The summed E-state index contributed by atoms with van der Waals surface area (Å²) in [5, 5.41) is 2.76. The molecule has 0 fully saturated rings. The van der Waals surface area contributed by atoms with Gasteiger partial charge in [0.25, 0.3) is 5.91 Å². The molecule has 0 radical (unpaired) electrons. The number of anilines is 1. The molecule has 0 aliphatic carbocycles. The molecule has 0 aliphatic heterocycles. The van der Waals surface area contributed by atoms with E-state index < -0.39 is 0 Å². The Hall–Kier alpha value is -1.03. The van der Waals surface area contributed by atoms with E-state index in [-0.39, 0.29) is 5.91 Å². The molecule has 0 aliphatic rings. The van der Waals surface area contributed by atoms with Crippen molar-refractivity contribution in [3.05, 3.63) is 50.1 Å². The first-order valence-corrected chi connectivity index (χ1v) is 7.46. The monoisotopic (exact) mass is 315 g/mol. The first kappa shape index (κ1) is 16.0. The van der Waals surface area contributed by atoms with Gasteiger partial charge in [-0.2, -0.15) is 0 Å². The van der Waals surface area contributed by atoms with E-state index in [1.807, 2.05) is 45.0 Å². The van der Waals surface area contributed by atoms with E-state index in [1.54, 1.807) is 6.07 Å². The normalized spacial score (nSPS) is 9.53. The molecule has 0 bridgehead atoms. The minimum Gasteiger partial charge on any atom is -0.322 e. The van der Waals surface area contributed by atoms with Crippen molar-refractivity contribution in [2.45, 2.75) is 20.8 Å². The average molecular weight is 316 g/mol. The molecular weight excluding hydrogens is 301 g/mol. The van der Waals surface area contributed by atoms with Crippen LogP contribution in [0, 0.1) is 6.92 Å². The van der Waals surface area contributed by atoms with Crippen LogP contribution >= 0.6 is 34.5 Å². The number of nitrogens with one attached hydrogen (secondary N) is 1. The number of aryl methyl sites for hydroxylation is 1. The quantitative estimate of drug-likeness (QED) is 0.763. The molecule has 0 saturated carbocycles. The Balaban J connectivity index is 0.000000861. The molecule has 1 amide bonds. The third-order valence-corrected chi connectivity index (χ3v) is 3.70. The van der Waals surface area contributed by atoms with Gasteiger partial charge < -0.3 is 5.32 Å². The summed E-state index contributed by atoms with van der Waals surface area (Å²) in [6.45, 7) is 5.99. The number of carbonyl (C=O) groups excluding carboxylic acids is 1. The SMILES string of the molecule is CC.Cc1ccc(NC(=O)c2cc(Cl)sc2Cl)cc1. The van der Waals surface area contributed by atoms with Crippen molar-refractivity contribution in [3.8, 4) is 0 Å². The molecule has 1 aromatic heterocycles. The maximum Gasteiger partial charge on any atom is 0.258 e. The highest BCUT2D eigenvalue weighted by Gasteiger charge is 2.14. The zero-order chi connectivity index (χ0) is 14.4. The third-order valence-electron chi connectivity index (χ3n) is 2.21. The highest BCUT2D eigenvalue weighted by Crippen LogP contribution is 2.31. The van der Waals surface area contributed by atoms with Crippen molar-refractivity contribution in [1.82, 2.24) is 0 Å². The lowest BCUT2D eigenvalue weighted by atomic mass is 10.2. The van der Waals surface area contributed by atoms with Crippen molar-refractivity contribution < 1.29 is 4.79 Å². The van der Waals surface area contributed by atoms with Crippen LogP contribution in [-0.4, -0.2) is 5.91 Å². The summed E-state index contributed by atoms with van der Waals surface area (Å²) >= 11 is 12.9.